The van der Waals surface area contributed by atoms with E-state index in [0.29, 0.717) is 19.5 Å². The van der Waals surface area contributed by atoms with E-state index in [-0.39, 0.29) is 16.9 Å². The molecule has 8 nitrogen and oxygen atoms in total. The van der Waals surface area contributed by atoms with Crippen molar-refractivity contribution in [3.63, 3.8) is 0 Å². The van der Waals surface area contributed by atoms with Gasteiger partial charge in [0, 0.05) is 31.5 Å². The van der Waals surface area contributed by atoms with Crippen LogP contribution < -0.4 is 5.32 Å². The van der Waals surface area contributed by atoms with Gasteiger partial charge in [-0.05, 0) is 18.6 Å². The second-order valence-electron chi connectivity index (χ2n) is 4.31. The summed E-state index contributed by atoms with van der Waals surface area (Å²) in [4.78, 5) is 21.5. The molecule has 0 aliphatic heterocycles. The van der Waals surface area contributed by atoms with E-state index in [4.69, 9.17) is 5.11 Å². The molecule has 110 valence electrons. The van der Waals surface area contributed by atoms with Gasteiger partial charge in [-0.25, -0.2) is 4.79 Å². The number of hydrogen-bond donors (Lipinski definition) is 2. The molecule has 0 aliphatic rings. The molecule has 2 N–H and O–H groups in total. The first-order chi connectivity index (χ1) is 10.1. The number of benzene rings is 1. The molecule has 0 bridgehead atoms. The molecule has 0 saturated carbocycles. The maximum Gasteiger partial charge on any atom is 0.338 e. The molecule has 0 amide bonds. The topological polar surface area (TPSA) is 110 Å². The smallest absolute Gasteiger partial charge is 0.338 e. The number of nitrogens with zero attached hydrogens (tertiary/aromatic N) is 3. The lowest BCUT2D eigenvalue weighted by Crippen LogP contribution is -2.12. The fourth-order valence-corrected chi connectivity index (χ4v) is 1.94. The zero-order valence-corrected chi connectivity index (χ0v) is 11.1. The van der Waals surface area contributed by atoms with Gasteiger partial charge in [-0.3, -0.25) is 14.8 Å². The summed E-state index contributed by atoms with van der Waals surface area (Å²) < 4.78 is 1.74. The number of carboxylic acid groups (broad SMARTS) is 1. The normalized spacial score (nSPS) is 10.3. The van der Waals surface area contributed by atoms with E-state index in [9.17, 15) is 14.9 Å². The molecular weight excluding hydrogens is 276 g/mol. The van der Waals surface area contributed by atoms with Gasteiger partial charge in [-0.15, -0.1) is 0 Å². The summed E-state index contributed by atoms with van der Waals surface area (Å²) in [5, 5.41) is 27.0. The average Bonchev–Trinajstić information content (AvgIpc) is 2.96. The van der Waals surface area contributed by atoms with E-state index in [1.165, 1.54) is 18.2 Å². The number of rotatable bonds is 7. The van der Waals surface area contributed by atoms with Crippen LogP contribution in [0.5, 0.6) is 0 Å². The predicted molar refractivity (Wildman–Crippen MR) is 75.4 cm³/mol. The van der Waals surface area contributed by atoms with Crippen LogP contribution in [0.3, 0.4) is 0 Å². The molecule has 0 radical (unpaired) electrons. The Morgan fingerprint density at radius 3 is 2.86 bits per heavy atom. The fourth-order valence-electron chi connectivity index (χ4n) is 1.94. The highest BCUT2D eigenvalue weighted by Gasteiger charge is 2.20. The number of nitrogens with one attached hydrogen (secondary N) is 1. The van der Waals surface area contributed by atoms with Gasteiger partial charge in [0.1, 0.15) is 5.69 Å². The third kappa shape index (κ3) is 3.56. The Hall–Kier alpha value is -2.90. The molecule has 0 unspecified atom stereocenters. The van der Waals surface area contributed by atoms with Crippen molar-refractivity contribution in [1.82, 2.24) is 9.78 Å². The summed E-state index contributed by atoms with van der Waals surface area (Å²) in [5.74, 6) is -1.20. The van der Waals surface area contributed by atoms with Crippen LogP contribution in [0.25, 0.3) is 0 Å². The van der Waals surface area contributed by atoms with E-state index in [1.54, 1.807) is 16.9 Å². The van der Waals surface area contributed by atoms with Gasteiger partial charge in [0.2, 0.25) is 0 Å². The highest BCUT2D eigenvalue weighted by Crippen LogP contribution is 2.28. The Labute approximate surface area is 120 Å². The van der Waals surface area contributed by atoms with E-state index >= 15 is 0 Å². The number of para-hydroxylation sites is 1. The van der Waals surface area contributed by atoms with Crippen LogP contribution in [0.15, 0.2) is 36.7 Å². The lowest BCUT2D eigenvalue weighted by molar-refractivity contribution is -0.384. The van der Waals surface area contributed by atoms with Crippen LogP contribution in [0, 0.1) is 10.1 Å². The summed E-state index contributed by atoms with van der Waals surface area (Å²) in [6.07, 6.45) is 4.14. The highest BCUT2D eigenvalue weighted by molar-refractivity contribution is 5.96. The van der Waals surface area contributed by atoms with Crippen molar-refractivity contribution in [2.24, 2.45) is 0 Å². The van der Waals surface area contributed by atoms with E-state index < -0.39 is 10.9 Å². The average molecular weight is 290 g/mol. The lowest BCUT2D eigenvalue weighted by Gasteiger charge is -2.10. The Morgan fingerprint density at radius 2 is 2.24 bits per heavy atom. The molecule has 0 atom stereocenters. The second-order valence-corrected chi connectivity index (χ2v) is 4.31. The zero-order chi connectivity index (χ0) is 15.2. The first-order valence-corrected chi connectivity index (χ1v) is 6.31. The molecule has 8 heteroatoms. The monoisotopic (exact) mass is 290 g/mol. The van der Waals surface area contributed by atoms with Crippen molar-refractivity contribution >= 4 is 17.3 Å². The minimum absolute atomic E-state index is 0.0375. The predicted octanol–water partition coefficient (Wildman–Crippen LogP) is 1.99. The summed E-state index contributed by atoms with van der Waals surface area (Å²) in [6.45, 7) is 1.05. The van der Waals surface area contributed by atoms with Crippen LogP contribution in [0.2, 0.25) is 0 Å². The van der Waals surface area contributed by atoms with Gasteiger partial charge in [0.05, 0.1) is 10.5 Å². The van der Waals surface area contributed by atoms with Crippen LogP contribution >= 0.6 is 0 Å². The number of aryl methyl sites for hydroxylation is 1. The number of nitro benzene ring substituents is 1. The van der Waals surface area contributed by atoms with Crippen molar-refractivity contribution in [2.45, 2.75) is 13.0 Å². The summed E-state index contributed by atoms with van der Waals surface area (Å²) in [7, 11) is 0. The van der Waals surface area contributed by atoms with Gasteiger partial charge in [-0.1, -0.05) is 6.07 Å². The maximum atomic E-state index is 11.1. The van der Waals surface area contributed by atoms with Gasteiger partial charge in [0.15, 0.2) is 0 Å². The van der Waals surface area contributed by atoms with E-state index in [2.05, 4.69) is 10.4 Å². The number of carbonyl (C=O) groups is 1. The van der Waals surface area contributed by atoms with Gasteiger partial charge in [-0.2, -0.15) is 5.10 Å². The molecule has 21 heavy (non-hydrogen) atoms. The molecule has 0 spiro atoms. The number of anilines is 1. The van der Waals surface area contributed by atoms with Crippen LogP contribution in [0.4, 0.5) is 11.4 Å². The molecule has 1 heterocycles. The molecular formula is C13H14N4O4. The standard InChI is InChI=1S/C13H14N4O4/c18-13(19)10-4-1-5-11(17(20)21)12(10)14-6-2-8-16-9-3-7-15-16/h1,3-5,7,9,14H,2,6,8H2,(H,18,19). The first-order valence-electron chi connectivity index (χ1n) is 6.31. The molecule has 0 aliphatic carbocycles. The second kappa shape index (κ2) is 6.51. The fraction of sp³-hybridized carbons (Fsp3) is 0.231. The van der Waals surface area contributed by atoms with Crippen LogP contribution in [0.1, 0.15) is 16.8 Å². The van der Waals surface area contributed by atoms with Crippen molar-refractivity contribution < 1.29 is 14.8 Å². The number of aromatic carboxylic acids is 1. The SMILES string of the molecule is O=C(O)c1cccc([N+](=O)[O-])c1NCCCn1cccn1. The molecule has 0 saturated heterocycles. The largest absolute Gasteiger partial charge is 0.478 e. The lowest BCUT2D eigenvalue weighted by atomic mass is 10.1. The maximum absolute atomic E-state index is 11.1. The van der Waals surface area contributed by atoms with E-state index in [0.717, 1.165) is 0 Å². The highest BCUT2D eigenvalue weighted by atomic mass is 16.6. The van der Waals surface area contributed by atoms with Crippen molar-refractivity contribution in [3.8, 4) is 0 Å². The third-order valence-corrected chi connectivity index (χ3v) is 2.89. The summed E-state index contributed by atoms with van der Waals surface area (Å²) in [6, 6.07) is 5.78. The van der Waals surface area contributed by atoms with Crippen LogP contribution in [-0.4, -0.2) is 32.3 Å². The van der Waals surface area contributed by atoms with Gasteiger partial charge < -0.3 is 10.4 Å². The zero-order valence-electron chi connectivity index (χ0n) is 11.1. The summed E-state index contributed by atoms with van der Waals surface area (Å²) >= 11 is 0. The number of nitro groups is 1. The Kier molecular flexibility index (Phi) is 4.50. The Morgan fingerprint density at radius 1 is 1.43 bits per heavy atom. The number of carboxylic acids is 1. The minimum Gasteiger partial charge on any atom is -0.478 e. The molecule has 2 rings (SSSR count). The van der Waals surface area contributed by atoms with Crippen molar-refractivity contribution in [2.75, 3.05) is 11.9 Å². The molecule has 1 aromatic heterocycles. The Balaban J connectivity index is 2.06. The number of hydrogen-bond acceptors (Lipinski definition) is 5. The van der Waals surface area contributed by atoms with Crippen LogP contribution in [-0.2, 0) is 6.54 Å². The molecule has 2 aromatic rings. The molecule has 0 fully saturated rings. The van der Waals surface area contributed by atoms with Gasteiger partial charge in [0.25, 0.3) is 5.69 Å². The quantitative estimate of drug-likeness (QED) is 0.458. The van der Waals surface area contributed by atoms with Crippen molar-refractivity contribution in [3.05, 3.63) is 52.3 Å². The van der Waals surface area contributed by atoms with Gasteiger partial charge >= 0.3 is 5.97 Å². The van der Waals surface area contributed by atoms with E-state index in [1.807, 2.05) is 6.20 Å². The molecule has 1 aromatic carbocycles. The first kappa shape index (κ1) is 14.5. The Bertz CT molecular complexity index is 607. The third-order valence-electron chi connectivity index (χ3n) is 2.89. The number of aromatic nitrogens is 2. The summed E-state index contributed by atoms with van der Waals surface area (Å²) in [5.41, 5.74) is -0.312. The minimum atomic E-state index is -1.20. The van der Waals surface area contributed by atoms with Crippen molar-refractivity contribution in [1.29, 1.82) is 0 Å².